The van der Waals surface area contributed by atoms with Gasteiger partial charge in [0, 0.05) is 22.7 Å². The number of hydrogen-bond donors (Lipinski definition) is 3. The summed E-state index contributed by atoms with van der Waals surface area (Å²) in [4.78, 5) is 26.9. The van der Waals surface area contributed by atoms with E-state index in [9.17, 15) is 9.59 Å². The first kappa shape index (κ1) is 21.3. The van der Waals surface area contributed by atoms with Crippen LogP contribution in [-0.2, 0) is 4.79 Å². The Morgan fingerprint density at radius 3 is 2.66 bits per heavy atom. The van der Waals surface area contributed by atoms with Gasteiger partial charge < -0.3 is 16.0 Å². The molecule has 1 aliphatic rings. The molecule has 1 saturated heterocycles. The second-order valence-corrected chi connectivity index (χ2v) is 8.21. The highest BCUT2D eigenvalue weighted by Crippen LogP contribution is 2.23. The van der Waals surface area contributed by atoms with Gasteiger partial charge in [-0.3, -0.25) is 9.69 Å². The van der Waals surface area contributed by atoms with Crippen molar-refractivity contribution < 1.29 is 9.59 Å². The Morgan fingerprint density at radius 2 is 1.90 bits per heavy atom. The number of likely N-dealkylation sites (tertiary alicyclic amines) is 1. The first-order chi connectivity index (χ1) is 14.0. The van der Waals surface area contributed by atoms with Crippen LogP contribution in [0.4, 0.5) is 16.2 Å². The topological polar surface area (TPSA) is 73.5 Å². The molecule has 0 bridgehead atoms. The van der Waals surface area contributed by atoms with E-state index in [0.29, 0.717) is 13.1 Å². The fourth-order valence-electron chi connectivity index (χ4n) is 3.50. The first-order valence-corrected chi connectivity index (χ1v) is 10.7. The maximum Gasteiger partial charge on any atom is 0.319 e. The Kier molecular flexibility index (Phi) is 7.66. The average molecular weight is 459 g/mol. The predicted octanol–water partition coefficient (Wildman–Crippen LogP) is 4.37. The normalized spacial score (nSPS) is 16.8. The molecule has 0 radical (unpaired) electrons. The lowest BCUT2D eigenvalue weighted by molar-refractivity contribution is -0.118. The Bertz CT molecular complexity index is 844. The quantitative estimate of drug-likeness (QED) is 0.601. The SMILES string of the molecule is Cc1ccc(NC(=O)CN2CCCC[C@H]2CNC(=O)Nc2ccccc2)c(Br)c1. The van der Waals surface area contributed by atoms with E-state index in [0.717, 1.165) is 47.2 Å². The molecule has 0 aromatic heterocycles. The Hall–Kier alpha value is -2.38. The Balaban J connectivity index is 1.51. The van der Waals surface area contributed by atoms with E-state index in [1.807, 2.05) is 55.5 Å². The predicted molar refractivity (Wildman–Crippen MR) is 120 cm³/mol. The number of nitrogens with zero attached hydrogens (tertiary/aromatic N) is 1. The third kappa shape index (κ3) is 6.58. The number of piperidine rings is 1. The van der Waals surface area contributed by atoms with Gasteiger partial charge in [-0.2, -0.15) is 0 Å². The van der Waals surface area contributed by atoms with Crippen molar-refractivity contribution in [3.63, 3.8) is 0 Å². The van der Waals surface area contributed by atoms with E-state index in [2.05, 4.69) is 36.8 Å². The molecule has 3 N–H and O–H groups in total. The van der Waals surface area contributed by atoms with Gasteiger partial charge in [0.25, 0.3) is 0 Å². The zero-order valence-corrected chi connectivity index (χ0v) is 18.2. The maximum absolute atomic E-state index is 12.6. The van der Waals surface area contributed by atoms with E-state index < -0.39 is 0 Å². The van der Waals surface area contributed by atoms with Crippen LogP contribution in [0.15, 0.2) is 53.0 Å². The van der Waals surface area contributed by atoms with Gasteiger partial charge in [-0.25, -0.2) is 4.79 Å². The van der Waals surface area contributed by atoms with Gasteiger partial charge in [-0.15, -0.1) is 0 Å². The van der Waals surface area contributed by atoms with Gasteiger partial charge in [0.2, 0.25) is 5.91 Å². The molecule has 0 saturated carbocycles. The summed E-state index contributed by atoms with van der Waals surface area (Å²) < 4.78 is 0.875. The number of nitrogens with one attached hydrogen (secondary N) is 3. The lowest BCUT2D eigenvalue weighted by Gasteiger charge is -2.35. The monoisotopic (exact) mass is 458 g/mol. The number of anilines is 2. The summed E-state index contributed by atoms with van der Waals surface area (Å²) in [5.41, 5.74) is 2.66. The minimum atomic E-state index is -0.227. The number of aryl methyl sites for hydroxylation is 1. The molecule has 154 valence electrons. The van der Waals surface area contributed by atoms with Crippen LogP contribution in [0.3, 0.4) is 0 Å². The Labute approximate surface area is 180 Å². The van der Waals surface area contributed by atoms with E-state index in [-0.39, 0.29) is 18.0 Å². The Morgan fingerprint density at radius 1 is 1.10 bits per heavy atom. The summed E-state index contributed by atoms with van der Waals surface area (Å²) in [6.45, 7) is 3.69. The zero-order chi connectivity index (χ0) is 20.6. The molecule has 1 atom stereocenters. The van der Waals surface area contributed by atoms with Crippen LogP contribution < -0.4 is 16.0 Å². The lowest BCUT2D eigenvalue weighted by Crippen LogP contribution is -2.49. The summed E-state index contributed by atoms with van der Waals surface area (Å²) in [6.07, 6.45) is 3.13. The summed E-state index contributed by atoms with van der Waals surface area (Å²) in [7, 11) is 0. The van der Waals surface area contributed by atoms with Gasteiger partial charge in [0.15, 0.2) is 0 Å². The number of rotatable bonds is 6. The first-order valence-electron chi connectivity index (χ1n) is 9.91. The molecule has 1 fully saturated rings. The van der Waals surface area contributed by atoms with Crippen molar-refractivity contribution in [2.75, 3.05) is 30.3 Å². The largest absolute Gasteiger partial charge is 0.336 e. The van der Waals surface area contributed by atoms with Gasteiger partial charge in [0.05, 0.1) is 12.2 Å². The highest BCUT2D eigenvalue weighted by Gasteiger charge is 2.25. The van der Waals surface area contributed by atoms with Crippen LogP contribution in [0.25, 0.3) is 0 Å². The number of halogens is 1. The molecular weight excluding hydrogens is 432 g/mol. The van der Waals surface area contributed by atoms with Crippen molar-refractivity contribution in [2.45, 2.75) is 32.2 Å². The smallest absolute Gasteiger partial charge is 0.319 e. The second-order valence-electron chi connectivity index (χ2n) is 7.35. The van der Waals surface area contributed by atoms with Crippen LogP contribution in [-0.4, -0.2) is 42.5 Å². The maximum atomic E-state index is 12.6. The van der Waals surface area contributed by atoms with Crippen molar-refractivity contribution >= 4 is 39.2 Å². The number of urea groups is 1. The van der Waals surface area contributed by atoms with Crippen molar-refractivity contribution in [3.05, 3.63) is 58.6 Å². The molecule has 3 rings (SSSR count). The van der Waals surface area contributed by atoms with Crippen LogP contribution in [0, 0.1) is 6.92 Å². The third-order valence-electron chi connectivity index (χ3n) is 5.02. The molecule has 0 spiro atoms. The number of carbonyl (C=O) groups excluding carboxylic acids is 2. The minimum Gasteiger partial charge on any atom is -0.336 e. The van der Waals surface area contributed by atoms with E-state index in [1.165, 1.54) is 0 Å². The van der Waals surface area contributed by atoms with Crippen LogP contribution in [0.2, 0.25) is 0 Å². The molecule has 2 aromatic carbocycles. The fraction of sp³-hybridized carbons (Fsp3) is 0.364. The number of benzene rings is 2. The van der Waals surface area contributed by atoms with Gasteiger partial charge in [-0.05, 0) is 72.1 Å². The fourth-order valence-corrected chi connectivity index (χ4v) is 4.09. The van der Waals surface area contributed by atoms with Crippen molar-refractivity contribution in [1.82, 2.24) is 10.2 Å². The molecule has 1 heterocycles. The number of hydrogen-bond acceptors (Lipinski definition) is 3. The molecule has 3 amide bonds. The number of para-hydroxylation sites is 1. The molecule has 7 heteroatoms. The highest BCUT2D eigenvalue weighted by atomic mass is 79.9. The second kappa shape index (κ2) is 10.4. The van der Waals surface area contributed by atoms with E-state index >= 15 is 0 Å². The standard InChI is InChI=1S/C22H27BrN4O2/c1-16-10-11-20(19(23)13-16)26-21(28)15-27-12-6-5-9-18(27)14-24-22(29)25-17-7-3-2-4-8-17/h2-4,7-8,10-11,13,18H,5-6,9,12,14-15H2,1H3,(H,26,28)(H2,24,25,29)/t18-/m0/s1. The number of carbonyl (C=O) groups is 2. The lowest BCUT2D eigenvalue weighted by atomic mass is 10.0. The van der Waals surface area contributed by atoms with Crippen LogP contribution in [0.1, 0.15) is 24.8 Å². The van der Waals surface area contributed by atoms with E-state index in [4.69, 9.17) is 0 Å². The third-order valence-corrected chi connectivity index (χ3v) is 5.68. The molecular formula is C22H27BrN4O2. The number of amides is 3. The van der Waals surface area contributed by atoms with Crippen molar-refractivity contribution in [2.24, 2.45) is 0 Å². The summed E-state index contributed by atoms with van der Waals surface area (Å²) in [5.74, 6) is -0.0461. The van der Waals surface area contributed by atoms with E-state index in [1.54, 1.807) is 0 Å². The summed E-state index contributed by atoms with van der Waals surface area (Å²) in [6, 6.07) is 15.1. The molecule has 6 nitrogen and oxygen atoms in total. The van der Waals surface area contributed by atoms with Gasteiger partial charge in [-0.1, -0.05) is 30.7 Å². The summed E-state index contributed by atoms with van der Waals surface area (Å²) >= 11 is 3.50. The molecule has 0 unspecified atom stereocenters. The molecule has 0 aliphatic carbocycles. The zero-order valence-electron chi connectivity index (χ0n) is 16.6. The minimum absolute atomic E-state index is 0.0461. The van der Waals surface area contributed by atoms with Crippen LogP contribution in [0.5, 0.6) is 0 Å². The molecule has 29 heavy (non-hydrogen) atoms. The molecule has 2 aromatic rings. The van der Waals surface area contributed by atoms with Gasteiger partial charge in [0.1, 0.15) is 0 Å². The summed E-state index contributed by atoms with van der Waals surface area (Å²) in [5, 5.41) is 8.74. The van der Waals surface area contributed by atoms with Crippen molar-refractivity contribution in [3.8, 4) is 0 Å². The van der Waals surface area contributed by atoms with Crippen LogP contribution >= 0.6 is 15.9 Å². The average Bonchev–Trinajstić information content (AvgIpc) is 2.70. The highest BCUT2D eigenvalue weighted by molar-refractivity contribution is 9.10. The van der Waals surface area contributed by atoms with Gasteiger partial charge >= 0.3 is 6.03 Å². The molecule has 1 aliphatic heterocycles. The van der Waals surface area contributed by atoms with Crippen molar-refractivity contribution in [1.29, 1.82) is 0 Å².